The van der Waals surface area contributed by atoms with Crippen LogP contribution < -0.4 is 0 Å². The zero-order valence-corrected chi connectivity index (χ0v) is 9.16. The first-order valence-electron chi connectivity index (χ1n) is 5.42. The molecule has 1 aliphatic carbocycles. The summed E-state index contributed by atoms with van der Waals surface area (Å²) in [6.07, 6.45) is 2.01. The Labute approximate surface area is 89.9 Å². The predicted octanol–water partition coefficient (Wildman–Crippen LogP) is 2.75. The van der Waals surface area contributed by atoms with Crippen LogP contribution in [0.15, 0.2) is 18.2 Å². The van der Waals surface area contributed by atoms with E-state index in [1.807, 2.05) is 13.0 Å². The maximum absolute atomic E-state index is 11.0. The molecule has 2 unspecified atom stereocenters. The van der Waals surface area contributed by atoms with E-state index in [4.69, 9.17) is 5.11 Å². The van der Waals surface area contributed by atoms with Crippen molar-refractivity contribution in [1.82, 2.24) is 0 Å². The minimum Gasteiger partial charge on any atom is -0.481 e. The lowest BCUT2D eigenvalue weighted by atomic mass is 9.88. The maximum Gasteiger partial charge on any atom is 0.306 e. The van der Waals surface area contributed by atoms with Crippen molar-refractivity contribution in [3.8, 4) is 0 Å². The third-order valence-electron chi connectivity index (χ3n) is 3.54. The molecule has 0 amide bonds. The number of fused-ring (bicyclic) bond motifs is 1. The lowest BCUT2D eigenvalue weighted by molar-refractivity contribution is -0.141. The van der Waals surface area contributed by atoms with E-state index in [2.05, 4.69) is 19.1 Å². The number of carboxylic acid groups (broad SMARTS) is 1. The third-order valence-corrected chi connectivity index (χ3v) is 3.54. The first-order valence-corrected chi connectivity index (χ1v) is 5.42. The molecule has 2 nitrogen and oxygen atoms in total. The SMILES string of the molecule is Cc1cccc2c1CCC2C(C)C(=O)O. The van der Waals surface area contributed by atoms with Gasteiger partial charge in [0, 0.05) is 0 Å². The van der Waals surface area contributed by atoms with Gasteiger partial charge in [-0.15, -0.1) is 0 Å². The monoisotopic (exact) mass is 204 g/mol. The highest BCUT2D eigenvalue weighted by Gasteiger charge is 2.31. The number of aliphatic carboxylic acids is 1. The van der Waals surface area contributed by atoms with Gasteiger partial charge in [0.15, 0.2) is 0 Å². The highest BCUT2D eigenvalue weighted by atomic mass is 16.4. The molecule has 2 atom stereocenters. The molecule has 1 aromatic carbocycles. The van der Waals surface area contributed by atoms with Gasteiger partial charge in [-0.05, 0) is 42.4 Å². The molecule has 0 spiro atoms. The molecule has 0 fully saturated rings. The number of carbonyl (C=O) groups is 1. The van der Waals surface area contributed by atoms with Gasteiger partial charge in [0.1, 0.15) is 0 Å². The van der Waals surface area contributed by atoms with Crippen molar-refractivity contribution in [2.45, 2.75) is 32.6 Å². The van der Waals surface area contributed by atoms with Crippen molar-refractivity contribution in [2.24, 2.45) is 5.92 Å². The minimum atomic E-state index is -0.686. The van der Waals surface area contributed by atoms with Crippen molar-refractivity contribution >= 4 is 5.97 Å². The zero-order chi connectivity index (χ0) is 11.0. The molecule has 0 aromatic heterocycles. The van der Waals surface area contributed by atoms with Crippen LogP contribution in [0.3, 0.4) is 0 Å². The Kier molecular flexibility index (Phi) is 2.51. The molecule has 1 aliphatic rings. The summed E-state index contributed by atoms with van der Waals surface area (Å²) in [4.78, 5) is 11.0. The lowest BCUT2D eigenvalue weighted by Gasteiger charge is -2.16. The van der Waals surface area contributed by atoms with Crippen LogP contribution in [0.25, 0.3) is 0 Å². The predicted molar refractivity (Wildman–Crippen MR) is 59.0 cm³/mol. The molecule has 2 heteroatoms. The van der Waals surface area contributed by atoms with E-state index >= 15 is 0 Å². The zero-order valence-electron chi connectivity index (χ0n) is 9.16. The first-order chi connectivity index (χ1) is 7.11. The Balaban J connectivity index is 2.37. The molecule has 0 heterocycles. The molecular formula is C13H16O2. The largest absolute Gasteiger partial charge is 0.481 e. The van der Waals surface area contributed by atoms with Crippen molar-refractivity contribution < 1.29 is 9.90 Å². The van der Waals surface area contributed by atoms with Gasteiger partial charge in [-0.1, -0.05) is 25.1 Å². The smallest absolute Gasteiger partial charge is 0.306 e. The van der Waals surface area contributed by atoms with Gasteiger partial charge in [0.05, 0.1) is 5.92 Å². The Hall–Kier alpha value is -1.31. The third kappa shape index (κ3) is 1.65. The summed E-state index contributed by atoms with van der Waals surface area (Å²) in [5.74, 6) is -0.750. The lowest BCUT2D eigenvalue weighted by Crippen LogP contribution is -2.17. The highest BCUT2D eigenvalue weighted by molar-refractivity contribution is 5.71. The van der Waals surface area contributed by atoms with Crippen molar-refractivity contribution in [3.63, 3.8) is 0 Å². The van der Waals surface area contributed by atoms with Gasteiger partial charge in [-0.3, -0.25) is 4.79 Å². The number of hydrogen-bond donors (Lipinski definition) is 1. The molecule has 0 aliphatic heterocycles. The fraction of sp³-hybridized carbons (Fsp3) is 0.462. The van der Waals surface area contributed by atoms with E-state index in [1.54, 1.807) is 0 Å². The van der Waals surface area contributed by atoms with E-state index in [-0.39, 0.29) is 11.8 Å². The average Bonchev–Trinajstić information content (AvgIpc) is 2.61. The topological polar surface area (TPSA) is 37.3 Å². The number of benzene rings is 1. The summed E-state index contributed by atoms with van der Waals surface area (Å²) in [6.45, 7) is 3.91. The summed E-state index contributed by atoms with van der Waals surface area (Å²) >= 11 is 0. The van der Waals surface area contributed by atoms with Crippen LogP contribution in [0.5, 0.6) is 0 Å². The second-order valence-corrected chi connectivity index (χ2v) is 4.41. The average molecular weight is 204 g/mol. The standard InChI is InChI=1S/C13H16O2/c1-8-4-3-5-12-10(8)6-7-11(12)9(2)13(14)15/h3-5,9,11H,6-7H2,1-2H3,(H,14,15). The minimum absolute atomic E-state index is 0.206. The molecule has 2 rings (SSSR count). The molecule has 0 radical (unpaired) electrons. The van der Waals surface area contributed by atoms with E-state index in [0.717, 1.165) is 12.8 Å². The molecule has 15 heavy (non-hydrogen) atoms. The van der Waals surface area contributed by atoms with Crippen LogP contribution >= 0.6 is 0 Å². The molecule has 0 saturated heterocycles. The Morgan fingerprint density at radius 2 is 2.27 bits per heavy atom. The van der Waals surface area contributed by atoms with E-state index in [0.29, 0.717) is 0 Å². The van der Waals surface area contributed by atoms with Crippen LogP contribution in [0.2, 0.25) is 0 Å². The number of aryl methyl sites for hydroxylation is 1. The fourth-order valence-corrected chi connectivity index (χ4v) is 2.56. The van der Waals surface area contributed by atoms with Gasteiger partial charge < -0.3 is 5.11 Å². The normalized spacial score (nSPS) is 21.1. The molecule has 1 aromatic rings. The van der Waals surface area contributed by atoms with Crippen molar-refractivity contribution in [1.29, 1.82) is 0 Å². The Bertz CT molecular complexity index is 396. The summed E-state index contributed by atoms with van der Waals surface area (Å²) < 4.78 is 0. The van der Waals surface area contributed by atoms with Gasteiger partial charge in [-0.2, -0.15) is 0 Å². The fourth-order valence-electron chi connectivity index (χ4n) is 2.56. The number of rotatable bonds is 2. The number of carboxylic acids is 1. The highest BCUT2D eigenvalue weighted by Crippen LogP contribution is 2.39. The van der Waals surface area contributed by atoms with Crippen molar-refractivity contribution in [2.75, 3.05) is 0 Å². The summed E-state index contributed by atoms with van der Waals surface area (Å²) in [7, 11) is 0. The van der Waals surface area contributed by atoms with Crippen LogP contribution in [-0.2, 0) is 11.2 Å². The van der Waals surface area contributed by atoms with Gasteiger partial charge in [-0.25, -0.2) is 0 Å². The van der Waals surface area contributed by atoms with E-state index in [9.17, 15) is 4.79 Å². The Morgan fingerprint density at radius 3 is 2.93 bits per heavy atom. The van der Waals surface area contributed by atoms with Gasteiger partial charge in [0.2, 0.25) is 0 Å². The van der Waals surface area contributed by atoms with Crippen LogP contribution in [-0.4, -0.2) is 11.1 Å². The van der Waals surface area contributed by atoms with Crippen LogP contribution in [0, 0.1) is 12.8 Å². The molecular weight excluding hydrogens is 188 g/mol. The van der Waals surface area contributed by atoms with Crippen molar-refractivity contribution in [3.05, 3.63) is 34.9 Å². The Morgan fingerprint density at radius 1 is 1.53 bits per heavy atom. The summed E-state index contributed by atoms with van der Waals surface area (Å²) in [5, 5.41) is 9.04. The number of hydrogen-bond acceptors (Lipinski definition) is 1. The quantitative estimate of drug-likeness (QED) is 0.804. The van der Waals surface area contributed by atoms with Crippen LogP contribution in [0.1, 0.15) is 36.0 Å². The molecule has 1 N–H and O–H groups in total. The maximum atomic E-state index is 11.0. The van der Waals surface area contributed by atoms with Crippen LogP contribution in [0.4, 0.5) is 0 Å². The summed E-state index contributed by atoms with van der Waals surface area (Å²) in [5.41, 5.74) is 3.92. The van der Waals surface area contributed by atoms with Gasteiger partial charge in [0.25, 0.3) is 0 Å². The van der Waals surface area contributed by atoms with E-state index in [1.165, 1.54) is 16.7 Å². The molecule has 0 bridgehead atoms. The molecule has 0 saturated carbocycles. The van der Waals surface area contributed by atoms with Gasteiger partial charge >= 0.3 is 5.97 Å². The van der Waals surface area contributed by atoms with E-state index < -0.39 is 5.97 Å². The second-order valence-electron chi connectivity index (χ2n) is 4.41. The summed E-state index contributed by atoms with van der Waals surface area (Å²) in [6, 6.07) is 6.22. The first kappa shape index (κ1) is 10.2. The molecule has 80 valence electrons. The second kappa shape index (κ2) is 3.69.